The average Bonchev–Trinajstić information content (AvgIpc) is 2.91. The van der Waals surface area contributed by atoms with E-state index in [2.05, 4.69) is 64.3 Å². The van der Waals surface area contributed by atoms with Gasteiger partial charge >= 0.3 is 0 Å². The molecule has 0 spiro atoms. The molecule has 0 unspecified atom stereocenters. The fraction of sp³-hybridized carbons (Fsp3) is 0.700. The second-order valence-corrected chi connectivity index (χ2v) is 8.55. The molecule has 2 saturated heterocycles. The van der Waals surface area contributed by atoms with Gasteiger partial charge in [0.2, 0.25) is 0 Å². The highest BCUT2D eigenvalue weighted by molar-refractivity contribution is 9.10. The van der Waals surface area contributed by atoms with Gasteiger partial charge in [0, 0.05) is 23.1 Å². The van der Waals surface area contributed by atoms with Crippen LogP contribution in [0.25, 0.3) is 0 Å². The lowest BCUT2D eigenvalue weighted by atomic mass is 10.1. The zero-order valence-corrected chi connectivity index (χ0v) is 16.2. The summed E-state index contributed by atoms with van der Waals surface area (Å²) < 4.78 is 1.19. The third kappa shape index (κ3) is 5.04. The van der Waals surface area contributed by atoms with E-state index in [1.165, 1.54) is 61.8 Å². The van der Waals surface area contributed by atoms with Crippen molar-refractivity contribution in [3.63, 3.8) is 0 Å². The van der Waals surface area contributed by atoms with Crippen LogP contribution in [-0.2, 0) is 0 Å². The molecule has 1 aromatic rings. The Labute approximate surface area is 150 Å². The quantitative estimate of drug-likeness (QED) is 0.812. The lowest BCUT2D eigenvalue weighted by molar-refractivity contribution is 0.256. The van der Waals surface area contributed by atoms with Crippen LogP contribution in [0.15, 0.2) is 28.7 Å². The molecular weight excluding hydrogens is 348 g/mol. The Morgan fingerprint density at radius 2 is 1.91 bits per heavy atom. The second-order valence-electron chi connectivity index (χ2n) is 7.64. The molecule has 1 aliphatic carbocycles. The van der Waals surface area contributed by atoms with Crippen molar-refractivity contribution >= 4 is 15.9 Å². The number of rotatable bonds is 3. The van der Waals surface area contributed by atoms with Crippen LogP contribution in [0.4, 0.5) is 0 Å². The van der Waals surface area contributed by atoms with Crippen LogP contribution in [0.1, 0.15) is 57.4 Å². The van der Waals surface area contributed by atoms with Gasteiger partial charge in [-0.1, -0.05) is 28.1 Å². The van der Waals surface area contributed by atoms with Crippen molar-refractivity contribution < 1.29 is 0 Å². The molecule has 0 radical (unpaired) electrons. The minimum Gasteiger partial charge on any atom is -0.314 e. The topological polar surface area (TPSA) is 15.3 Å². The summed E-state index contributed by atoms with van der Waals surface area (Å²) in [6, 6.07) is 10.5. The largest absolute Gasteiger partial charge is 0.314 e. The van der Waals surface area contributed by atoms with Gasteiger partial charge < -0.3 is 10.2 Å². The Kier molecular flexibility index (Phi) is 6.17. The molecule has 4 atom stereocenters. The zero-order chi connectivity index (χ0) is 16.2. The molecule has 1 saturated carbocycles. The van der Waals surface area contributed by atoms with Gasteiger partial charge in [-0.25, -0.2) is 0 Å². The maximum atomic E-state index is 3.50. The standard InChI is InChI=1S/C15H20BrN.C5H11N/c1-11-3-2-8-17(11)10-13-9-15(13)12-4-6-14(16)7-5-12;1-5-3-2-4-6-5/h4-7,11,13,15H,2-3,8-10H2,1H3;5-6H,2-4H2,1H3/t11-,13-,15-;5-/m10/s1. The van der Waals surface area contributed by atoms with E-state index in [1.54, 1.807) is 0 Å². The van der Waals surface area contributed by atoms with Crippen molar-refractivity contribution in [2.45, 2.75) is 64.0 Å². The molecule has 128 valence electrons. The Balaban J connectivity index is 0.000000220. The number of benzene rings is 1. The molecule has 1 N–H and O–H groups in total. The highest BCUT2D eigenvalue weighted by Crippen LogP contribution is 2.48. The third-order valence-electron chi connectivity index (χ3n) is 5.69. The summed E-state index contributed by atoms with van der Waals surface area (Å²) in [7, 11) is 0. The van der Waals surface area contributed by atoms with Crippen molar-refractivity contribution in [1.82, 2.24) is 10.2 Å². The Morgan fingerprint density at radius 3 is 2.43 bits per heavy atom. The molecule has 2 aliphatic heterocycles. The molecular formula is C20H31BrN2. The van der Waals surface area contributed by atoms with Crippen LogP contribution < -0.4 is 5.32 Å². The van der Waals surface area contributed by atoms with Crippen molar-refractivity contribution in [1.29, 1.82) is 0 Å². The maximum absolute atomic E-state index is 3.50. The van der Waals surface area contributed by atoms with Crippen molar-refractivity contribution in [3.05, 3.63) is 34.3 Å². The van der Waals surface area contributed by atoms with Gasteiger partial charge in [0.05, 0.1) is 0 Å². The van der Waals surface area contributed by atoms with Gasteiger partial charge in [-0.05, 0) is 88.6 Å². The van der Waals surface area contributed by atoms with Crippen LogP contribution >= 0.6 is 15.9 Å². The van der Waals surface area contributed by atoms with Crippen LogP contribution in [0.2, 0.25) is 0 Å². The summed E-state index contributed by atoms with van der Waals surface area (Å²) >= 11 is 3.50. The number of nitrogens with one attached hydrogen (secondary N) is 1. The predicted molar refractivity (Wildman–Crippen MR) is 102 cm³/mol. The minimum atomic E-state index is 0.796. The van der Waals surface area contributed by atoms with E-state index in [9.17, 15) is 0 Å². The van der Waals surface area contributed by atoms with Gasteiger partial charge in [-0.15, -0.1) is 0 Å². The first kappa shape index (κ1) is 17.4. The highest BCUT2D eigenvalue weighted by Gasteiger charge is 2.40. The van der Waals surface area contributed by atoms with E-state index in [4.69, 9.17) is 0 Å². The first-order chi connectivity index (χ1) is 11.1. The summed E-state index contributed by atoms with van der Waals surface area (Å²) in [6.45, 7) is 8.49. The smallest absolute Gasteiger partial charge is 0.0175 e. The molecule has 3 heteroatoms. The molecule has 0 amide bonds. The Hall–Kier alpha value is -0.380. The van der Waals surface area contributed by atoms with Crippen LogP contribution in [0.5, 0.6) is 0 Å². The van der Waals surface area contributed by atoms with Gasteiger partial charge in [0.15, 0.2) is 0 Å². The van der Waals surface area contributed by atoms with Gasteiger partial charge in [0.1, 0.15) is 0 Å². The summed E-state index contributed by atoms with van der Waals surface area (Å²) in [5.74, 6) is 1.74. The number of hydrogen-bond donors (Lipinski definition) is 1. The van der Waals surface area contributed by atoms with E-state index >= 15 is 0 Å². The molecule has 3 aliphatic rings. The van der Waals surface area contributed by atoms with E-state index < -0.39 is 0 Å². The number of likely N-dealkylation sites (tertiary alicyclic amines) is 1. The van der Waals surface area contributed by atoms with E-state index in [1.807, 2.05) is 0 Å². The first-order valence-corrected chi connectivity index (χ1v) is 10.2. The lowest BCUT2D eigenvalue weighted by Crippen LogP contribution is -2.29. The Bertz CT molecular complexity index is 481. The van der Waals surface area contributed by atoms with Crippen molar-refractivity contribution in [2.24, 2.45) is 5.92 Å². The van der Waals surface area contributed by atoms with Crippen LogP contribution in [0.3, 0.4) is 0 Å². The molecule has 0 aromatic heterocycles. The average molecular weight is 379 g/mol. The first-order valence-electron chi connectivity index (χ1n) is 9.36. The molecule has 23 heavy (non-hydrogen) atoms. The molecule has 3 fully saturated rings. The maximum Gasteiger partial charge on any atom is 0.0175 e. The van der Waals surface area contributed by atoms with Gasteiger partial charge in [-0.3, -0.25) is 0 Å². The second kappa shape index (κ2) is 8.13. The summed E-state index contributed by atoms with van der Waals surface area (Å²) in [6.07, 6.45) is 6.94. The molecule has 0 bridgehead atoms. The molecule has 2 heterocycles. The van der Waals surface area contributed by atoms with Gasteiger partial charge in [0.25, 0.3) is 0 Å². The fourth-order valence-electron chi connectivity index (χ4n) is 3.99. The van der Waals surface area contributed by atoms with Crippen LogP contribution in [-0.4, -0.2) is 36.6 Å². The number of hydrogen-bond acceptors (Lipinski definition) is 2. The lowest BCUT2D eigenvalue weighted by Gasteiger charge is -2.20. The van der Waals surface area contributed by atoms with E-state index in [0.717, 1.165) is 23.9 Å². The predicted octanol–water partition coefficient (Wildman–Crippen LogP) is 4.80. The highest BCUT2D eigenvalue weighted by atomic mass is 79.9. The normalized spacial score (nSPS) is 33.3. The van der Waals surface area contributed by atoms with E-state index in [0.29, 0.717) is 0 Å². The summed E-state index contributed by atoms with van der Waals surface area (Å²) in [5, 5.41) is 3.32. The van der Waals surface area contributed by atoms with Crippen molar-refractivity contribution in [3.8, 4) is 0 Å². The minimum absolute atomic E-state index is 0.796. The molecule has 4 rings (SSSR count). The fourth-order valence-corrected chi connectivity index (χ4v) is 4.26. The van der Waals surface area contributed by atoms with E-state index in [-0.39, 0.29) is 0 Å². The van der Waals surface area contributed by atoms with Crippen LogP contribution in [0, 0.1) is 5.92 Å². The number of halogens is 1. The number of nitrogens with zero attached hydrogens (tertiary/aromatic N) is 1. The third-order valence-corrected chi connectivity index (χ3v) is 6.22. The monoisotopic (exact) mass is 378 g/mol. The summed E-state index contributed by atoms with van der Waals surface area (Å²) in [5.41, 5.74) is 1.53. The SMILES string of the molecule is C[C@@H]1CCCN1C[C@H]1C[C@@H]1c1ccc(Br)cc1.C[C@H]1CCCN1. The van der Waals surface area contributed by atoms with Gasteiger partial charge in [-0.2, -0.15) is 0 Å². The summed E-state index contributed by atoms with van der Waals surface area (Å²) in [4.78, 5) is 2.68. The molecule has 1 aromatic carbocycles. The Morgan fingerprint density at radius 1 is 1.13 bits per heavy atom. The van der Waals surface area contributed by atoms with Crippen molar-refractivity contribution in [2.75, 3.05) is 19.6 Å². The zero-order valence-electron chi connectivity index (χ0n) is 14.6. The molecule has 2 nitrogen and oxygen atoms in total.